The summed E-state index contributed by atoms with van der Waals surface area (Å²) in [5.41, 5.74) is 0.402. The third kappa shape index (κ3) is 3.03. The molecule has 1 aliphatic heterocycles. The fraction of sp³-hybridized carbons (Fsp3) is 0.750. The molecule has 0 amide bonds. The van der Waals surface area contributed by atoms with E-state index in [1.54, 1.807) is 13.8 Å². The second kappa shape index (κ2) is 6.21. The van der Waals surface area contributed by atoms with Crippen LogP contribution in [0.2, 0.25) is 0 Å². The molecule has 0 unspecified atom stereocenters. The minimum atomic E-state index is -3.55. The largest absolute Gasteiger partial charge is 0.395 e. The van der Waals surface area contributed by atoms with Crippen LogP contribution in [0, 0.1) is 13.8 Å². The fourth-order valence-electron chi connectivity index (χ4n) is 2.52. The highest BCUT2D eigenvalue weighted by Gasteiger charge is 2.31. The van der Waals surface area contributed by atoms with Gasteiger partial charge in [0.15, 0.2) is 5.76 Å². The highest BCUT2D eigenvalue weighted by Crippen LogP contribution is 2.24. The van der Waals surface area contributed by atoms with Crippen molar-refractivity contribution in [2.75, 3.05) is 39.3 Å². The normalized spacial score (nSPS) is 19.1. The van der Waals surface area contributed by atoms with Gasteiger partial charge in [-0.2, -0.15) is 4.31 Å². The number of aliphatic hydroxyl groups excluding tert-OH is 1. The first-order valence-electron chi connectivity index (χ1n) is 6.73. The predicted octanol–water partition coefficient (Wildman–Crippen LogP) is -0.0199. The zero-order valence-corrected chi connectivity index (χ0v) is 12.7. The molecule has 20 heavy (non-hydrogen) atoms. The van der Waals surface area contributed by atoms with Crippen LogP contribution in [0.15, 0.2) is 9.42 Å². The van der Waals surface area contributed by atoms with Crippen LogP contribution in [0.3, 0.4) is 0 Å². The van der Waals surface area contributed by atoms with Crippen molar-refractivity contribution >= 4 is 10.0 Å². The van der Waals surface area contributed by atoms with Crippen LogP contribution >= 0.6 is 0 Å². The number of nitrogens with zero attached hydrogens (tertiary/aromatic N) is 3. The summed E-state index contributed by atoms with van der Waals surface area (Å²) in [5.74, 6) is 0.332. The Labute approximate surface area is 119 Å². The second-order valence-corrected chi connectivity index (χ2v) is 6.85. The van der Waals surface area contributed by atoms with Crippen LogP contribution in [-0.4, -0.2) is 67.2 Å². The standard InChI is InChI=1S/C12H21N3O4S/c1-10-12(11(2)19-13-10)20(17,18)15-5-3-4-14(6-7-15)8-9-16/h16H,3-9H2,1-2H3. The molecule has 1 aromatic heterocycles. The molecule has 8 heteroatoms. The molecule has 114 valence electrons. The van der Waals surface area contributed by atoms with E-state index in [0.717, 1.165) is 13.0 Å². The lowest BCUT2D eigenvalue weighted by Crippen LogP contribution is -2.36. The van der Waals surface area contributed by atoms with Crippen LogP contribution in [-0.2, 0) is 10.0 Å². The number of aliphatic hydroxyl groups is 1. The molecule has 0 spiro atoms. The molecule has 0 bridgehead atoms. The summed E-state index contributed by atoms with van der Waals surface area (Å²) in [6, 6.07) is 0. The summed E-state index contributed by atoms with van der Waals surface area (Å²) in [5, 5.41) is 12.7. The summed E-state index contributed by atoms with van der Waals surface area (Å²) in [6.07, 6.45) is 0.753. The van der Waals surface area contributed by atoms with Crippen molar-refractivity contribution in [3.05, 3.63) is 11.5 Å². The lowest BCUT2D eigenvalue weighted by Gasteiger charge is -2.20. The molecule has 2 heterocycles. The van der Waals surface area contributed by atoms with Crippen molar-refractivity contribution in [1.29, 1.82) is 0 Å². The van der Waals surface area contributed by atoms with E-state index in [4.69, 9.17) is 9.63 Å². The molecule has 1 saturated heterocycles. The Bertz CT molecular complexity index is 536. The van der Waals surface area contributed by atoms with Crippen LogP contribution < -0.4 is 0 Å². The fourth-order valence-corrected chi connectivity index (χ4v) is 4.29. The number of aromatic nitrogens is 1. The van der Waals surface area contributed by atoms with Gasteiger partial charge in [-0.05, 0) is 26.8 Å². The van der Waals surface area contributed by atoms with E-state index in [1.165, 1.54) is 4.31 Å². The number of hydrogen-bond acceptors (Lipinski definition) is 6. The van der Waals surface area contributed by atoms with Gasteiger partial charge < -0.3 is 9.63 Å². The van der Waals surface area contributed by atoms with Gasteiger partial charge in [-0.1, -0.05) is 5.16 Å². The molecule has 1 N–H and O–H groups in total. The quantitative estimate of drug-likeness (QED) is 0.841. The van der Waals surface area contributed by atoms with E-state index in [9.17, 15) is 8.42 Å². The Morgan fingerprint density at radius 1 is 1.25 bits per heavy atom. The lowest BCUT2D eigenvalue weighted by atomic mass is 10.4. The number of sulfonamides is 1. The zero-order valence-electron chi connectivity index (χ0n) is 11.9. The van der Waals surface area contributed by atoms with Gasteiger partial charge in [0.25, 0.3) is 0 Å². The molecular weight excluding hydrogens is 282 g/mol. The van der Waals surface area contributed by atoms with E-state index in [1.807, 2.05) is 0 Å². The molecule has 1 aliphatic rings. The van der Waals surface area contributed by atoms with Gasteiger partial charge in [-0.25, -0.2) is 8.42 Å². The molecular formula is C12H21N3O4S. The molecule has 0 atom stereocenters. The maximum absolute atomic E-state index is 12.7. The van der Waals surface area contributed by atoms with Crippen molar-refractivity contribution in [3.63, 3.8) is 0 Å². The topological polar surface area (TPSA) is 86.9 Å². The number of rotatable bonds is 4. The van der Waals surface area contributed by atoms with E-state index >= 15 is 0 Å². The molecule has 0 saturated carbocycles. The van der Waals surface area contributed by atoms with Crippen molar-refractivity contribution < 1.29 is 18.0 Å². The summed E-state index contributed by atoms with van der Waals surface area (Å²) >= 11 is 0. The minimum Gasteiger partial charge on any atom is -0.395 e. The maximum atomic E-state index is 12.7. The maximum Gasteiger partial charge on any atom is 0.248 e. The Kier molecular flexibility index (Phi) is 4.79. The number of hydrogen-bond donors (Lipinski definition) is 1. The second-order valence-electron chi connectivity index (χ2n) is 4.98. The molecule has 0 radical (unpaired) electrons. The summed E-state index contributed by atoms with van der Waals surface area (Å²) in [4.78, 5) is 2.26. The van der Waals surface area contributed by atoms with Crippen LogP contribution in [0.1, 0.15) is 17.9 Å². The summed E-state index contributed by atoms with van der Waals surface area (Å²) in [6.45, 7) is 6.26. The average molecular weight is 303 g/mol. The first-order chi connectivity index (χ1) is 9.46. The van der Waals surface area contributed by atoms with E-state index < -0.39 is 10.0 Å². The SMILES string of the molecule is Cc1noc(C)c1S(=O)(=O)N1CCCN(CCO)CC1. The Morgan fingerprint density at radius 3 is 2.60 bits per heavy atom. The predicted molar refractivity (Wildman–Crippen MR) is 72.9 cm³/mol. The van der Waals surface area contributed by atoms with Gasteiger partial charge in [0, 0.05) is 26.2 Å². The van der Waals surface area contributed by atoms with Crippen LogP contribution in [0.25, 0.3) is 0 Å². The Morgan fingerprint density at radius 2 is 2.00 bits per heavy atom. The Hall–Kier alpha value is -0.960. The molecule has 0 aliphatic carbocycles. The van der Waals surface area contributed by atoms with Gasteiger partial charge in [0.2, 0.25) is 10.0 Å². The highest BCUT2D eigenvalue weighted by atomic mass is 32.2. The van der Waals surface area contributed by atoms with Crippen molar-refractivity contribution in [1.82, 2.24) is 14.4 Å². The molecule has 7 nitrogen and oxygen atoms in total. The minimum absolute atomic E-state index is 0.0939. The molecule has 1 fully saturated rings. The third-order valence-electron chi connectivity index (χ3n) is 3.53. The first-order valence-corrected chi connectivity index (χ1v) is 8.17. The molecule has 1 aromatic rings. The number of β-amino-alcohol motifs (C(OH)–C–C–N with tert-alkyl or cyclic N) is 1. The third-order valence-corrected chi connectivity index (χ3v) is 5.67. The van der Waals surface area contributed by atoms with Crippen molar-refractivity contribution in [2.45, 2.75) is 25.2 Å². The smallest absolute Gasteiger partial charge is 0.248 e. The number of aryl methyl sites for hydroxylation is 2. The summed E-state index contributed by atoms with van der Waals surface area (Å²) in [7, 11) is -3.55. The van der Waals surface area contributed by atoms with Crippen molar-refractivity contribution in [3.8, 4) is 0 Å². The zero-order chi connectivity index (χ0) is 14.8. The van der Waals surface area contributed by atoms with Gasteiger partial charge >= 0.3 is 0 Å². The average Bonchev–Trinajstić information content (AvgIpc) is 2.62. The van der Waals surface area contributed by atoms with E-state index in [-0.39, 0.29) is 11.5 Å². The highest BCUT2D eigenvalue weighted by molar-refractivity contribution is 7.89. The summed E-state index contributed by atoms with van der Waals surface area (Å²) < 4.78 is 31.8. The van der Waals surface area contributed by atoms with E-state index in [0.29, 0.717) is 37.6 Å². The van der Waals surface area contributed by atoms with Gasteiger partial charge in [0.05, 0.1) is 6.61 Å². The lowest BCUT2D eigenvalue weighted by molar-refractivity contribution is 0.202. The monoisotopic (exact) mass is 303 g/mol. The van der Waals surface area contributed by atoms with Gasteiger partial charge in [0.1, 0.15) is 10.6 Å². The van der Waals surface area contributed by atoms with Crippen molar-refractivity contribution in [2.24, 2.45) is 0 Å². The molecule has 0 aromatic carbocycles. The Balaban J connectivity index is 2.18. The van der Waals surface area contributed by atoms with Crippen LogP contribution in [0.5, 0.6) is 0 Å². The van der Waals surface area contributed by atoms with Crippen LogP contribution in [0.4, 0.5) is 0 Å². The van der Waals surface area contributed by atoms with Gasteiger partial charge in [-0.3, -0.25) is 4.90 Å². The first kappa shape index (κ1) is 15.4. The van der Waals surface area contributed by atoms with E-state index in [2.05, 4.69) is 10.1 Å². The van der Waals surface area contributed by atoms with Gasteiger partial charge in [-0.15, -0.1) is 0 Å². The molecule has 2 rings (SSSR count).